The summed E-state index contributed by atoms with van der Waals surface area (Å²) in [6.07, 6.45) is 3.15. The predicted octanol–water partition coefficient (Wildman–Crippen LogP) is 1.13. The van der Waals surface area contributed by atoms with Crippen molar-refractivity contribution in [1.82, 2.24) is 4.90 Å². The summed E-state index contributed by atoms with van der Waals surface area (Å²) in [5, 5.41) is 0. The minimum atomic E-state index is -1.61. The number of nitrogens with zero attached hydrogens (tertiary/aromatic N) is 1. The monoisotopic (exact) mass is 255 g/mol. The van der Waals surface area contributed by atoms with E-state index in [1.807, 2.05) is 27.7 Å². The molecule has 0 saturated carbocycles. The first kappa shape index (κ1) is 14.7. The molecule has 0 radical (unpaired) electrons. The van der Waals surface area contributed by atoms with Crippen LogP contribution in [-0.4, -0.2) is 48.2 Å². The normalized spacial score (nSPS) is 22.6. The minimum absolute atomic E-state index is 0.0170. The molecule has 18 heavy (non-hydrogen) atoms. The fraction of sp³-hybridized carbons (Fsp3) is 0.692. The van der Waals surface area contributed by atoms with Gasteiger partial charge < -0.3 is 14.4 Å². The lowest BCUT2D eigenvalue weighted by Crippen LogP contribution is -2.57. The second-order valence-corrected chi connectivity index (χ2v) is 4.84. The molecule has 0 aliphatic carbocycles. The molecule has 0 spiro atoms. The Bertz CT molecular complexity index is 354. The maximum absolute atomic E-state index is 12.6. The molecule has 5 heteroatoms. The number of hydrogen-bond donors (Lipinski definition) is 0. The van der Waals surface area contributed by atoms with Crippen LogP contribution in [0.1, 0.15) is 27.7 Å². The van der Waals surface area contributed by atoms with Gasteiger partial charge in [-0.15, -0.1) is 0 Å². The van der Waals surface area contributed by atoms with Crippen LogP contribution in [0.25, 0.3) is 0 Å². The van der Waals surface area contributed by atoms with E-state index in [1.165, 1.54) is 13.2 Å². The summed E-state index contributed by atoms with van der Waals surface area (Å²) in [7, 11) is 1.25. The zero-order valence-electron chi connectivity index (χ0n) is 11.6. The molecule has 0 saturated heterocycles. The first-order valence-corrected chi connectivity index (χ1v) is 6.09. The number of amides is 1. The van der Waals surface area contributed by atoms with E-state index in [1.54, 1.807) is 11.0 Å². The van der Waals surface area contributed by atoms with Gasteiger partial charge in [0.05, 0.1) is 13.7 Å². The molecular formula is C13H21NO4. The molecule has 1 amide bonds. The van der Waals surface area contributed by atoms with E-state index in [4.69, 9.17) is 9.47 Å². The van der Waals surface area contributed by atoms with Gasteiger partial charge >= 0.3 is 5.97 Å². The van der Waals surface area contributed by atoms with Crippen LogP contribution < -0.4 is 0 Å². The van der Waals surface area contributed by atoms with Gasteiger partial charge in [0.25, 0.3) is 11.5 Å². The summed E-state index contributed by atoms with van der Waals surface area (Å²) in [6, 6.07) is -0.0340. The molecule has 0 N–H and O–H groups in total. The Labute approximate surface area is 108 Å². The average molecular weight is 255 g/mol. The van der Waals surface area contributed by atoms with Crippen LogP contribution >= 0.6 is 0 Å². The van der Waals surface area contributed by atoms with E-state index in [0.29, 0.717) is 0 Å². The summed E-state index contributed by atoms with van der Waals surface area (Å²) in [5.74, 6) is -1.04. The number of ether oxygens (including phenoxy) is 2. The van der Waals surface area contributed by atoms with Crippen molar-refractivity contribution in [1.29, 1.82) is 0 Å². The highest BCUT2D eigenvalue weighted by molar-refractivity contribution is 6.09. The summed E-state index contributed by atoms with van der Waals surface area (Å²) >= 11 is 0. The van der Waals surface area contributed by atoms with Crippen molar-refractivity contribution in [2.24, 2.45) is 0 Å². The molecule has 1 rings (SSSR count). The van der Waals surface area contributed by atoms with Gasteiger partial charge in [0.15, 0.2) is 0 Å². The van der Waals surface area contributed by atoms with Crippen LogP contribution in [0.15, 0.2) is 12.2 Å². The molecule has 1 aliphatic heterocycles. The minimum Gasteiger partial charge on any atom is -0.466 e. The second kappa shape index (κ2) is 5.52. The van der Waals surface area contributed by atoms with Crippen LogP contribution in [0.3, 0.4) is 0 Å². The first-order valence-electron chi connectivity index (χ1n) is 6.09. The third-order valence-corrected chi connectivity index (χ3v) is 2.91. The number of rotatable bonds is 4. The van der Waals surface area contributed by atoms with E-state index in [-0.39, 0.29) is 24.6 Å². The predicted molar refractivity (Wildman–Crippen MR) is 67.0 cm³/mol. The molecule has 0 aromatic heterocycles. The SMILES string of the molecule is COC(=O)C1(C(=O)N(C(C)C)C(C)C)C=CCO1. The van der Waals surface area contributed by atoms with Gasteiger partial charge in [-0.2, -0.15) is 0 Å². The van der Waals surface area contributed by atoms with Crippen molar-refractivity contribution >= 4 is 11.9 Å². The molecule has 1 aliphatic rings. The molecule has 0 fully saturated rings. The van der Waals surface area contributed by atoms with Crippen molar-refractivity contribution < 1.29 is 19.1 Å². The van der Waals surface area contributed by atoms with Gasteiger partial charge in [0.2, 0.25) is 0 Å². The largest absolute Gasteiger partial charge is 0.466 e. The Morgan fingerprint density at radius 2 is 1.83 bits per heavy atom. The molecule has 1 heterocycles. The van der Waals surface area contributed by atoms with Crippen LogP contribution in [0.4, 0.5) is 0 Å². The lowest BCUT2D eigenvalue weighted by molar-refractivity contribution is -0.173. The fourth-order valence-electron chi connectivity index (χ4n) is 2.20. The number of methoxy groups -OCH3 is 1. The van der Waals surface area contributed by atoms with Crippen molar-refractivity contribution in [3.05, 3.63) is 12.2 Å². The molecule has 5 nitrogen and oxygen atoms in total. The number of carbonyl (C=O) groups excluding carboxylic acids is 2. The molecule has 0 aromatic carbocycles. The van der Waals surface area contributed by atoms with Gasteiger partial charge in [0, 0.05) is 12.1 Å². The maximum atomic E-state index is 12.6. The fourth-order valence-corrected chi connectivity index (χ4v) is 2.20. The highest BCUT2D eigenvalue weighted by Gasteiger charge is 2.51. The third-order valence-electron chi connectivity index (χ3n) is 2.91. The number of esters is 1. The Hall–Kier alpha value is -1.36. The summed E-state index contributed by atoms with van der Waals surface area (Å²) in [5.41, 5.74) is -1.61. The van der Waals surface area contributed by atoms with Crippen molar-refractivity contribution in [2.75, 3.05) is 13.7 Å². The average Bonchev–Trinajstić information content (AvgIpc) is 2.77. The quantitative estimate of drug-likeness (QED) is 0.429. The number of hydrogen-bond acceptors (Lipinski definition) is 4. The van der Waals surface area contributed by atoms with Crippen molar-refractivity contribution in [2.45, 2.75) is 45.4 Å². The summed E-state index contributed by atoms with van der Waals surface area (Å²) in [4.78, 5) is 26.1. The van der Waals surface area contributed by atoms with Gasteiger partial charge in [-0.25, -0.2) is 4.79 Å². The topological polar surface area (TPSA) is 55.8 Å². The second-order valence-electron chi connectivity index (χ2n) is 4.84. The number of carbonyl (C=O) groups is 2. The molecular weight excluding hydrogens is 234 g/mol. The zero-order valence-corrected chi connectivity index (χ0v) is 11.6. The Balaban J connectivity index is 3.11. The molecule has 0 aromatic rings. The standard InChI is InChI=1S/C13H21NO4/c1-9(2)14(10(3)4)11(15)13(12(16)17-5)7-6-8-18-13/h6-7,9-10H,8H2,1-5H3. The van der Waals surface area contributed by atoms with Crippen LogP contribution in [0.5, 0.6) is 0 Å². The van der Waals surface area contributed by atoms with E-state index >= 15 is 0 Å². The van der Waals surface area contributed by atoms with E-state index < -0.39 is 11.6 Å². The third kappa shape index (κ3) is 2.41. The lowest BCUT2D eigenvalue weighted by atomic mass is 10.0. The van der Waals surface area contributed by atoms with Gasteiger partial charge in [-0.3, -0.25) is 4.79 Å². The molecule has 1 unspecified atom stereocenters. The Morgan fingerprint density at radius 3 is 2.17 bits per heavy atom. The van der Waals surface area contributed by atoms with E-state index in [0.717, 1.165) is 0 Å². The Morgan fingerprint density at radius 1 is 1.28 bits per heavy atom. The van der Waals surface area contributed by atoms with Crippen molar-refractivity contribution in [3.63, 3.8) is 0 Å². The first-order chi connectivity index (χ1) is 8.36. The van der Waals surface area contributed by atoms with Crippen LogP contribution in [0, 0.1) is 0 Å². The maximum Gasteiger partial charge on any atom is 0.352 e. The summed E-state index contributed by atoms with van der Waals surface area (Å²) < 4.78 is 10.1. The van der Waals surface area contributed by atoms with Gasteiger partial charge in [-0.05, 0) is 33.8 Å². The smallest absolute Gasteiger partial charge is 0.352 e. The van der Waals surface area contributed by atoms with E-state index in [9.17, 15) is 9.59 Å². The molecule has 102 valence electrons. The summed E-state index contributed by atoms with van der Waals surface area (Å²) in [6.45, 7) is 7.86. The van der Waals surface area contributed by atoms with Gasteiger partial charge in [0.1, 0.15) is 0 Å². The van der Waals surface area contributed by atoms with Crippen molar-refractivity contribution in [3.8, 4) is 0 Å². The van der Waals surface area contributed by atoms with E-state index in [2.05, 4.69) is 0 Å². The van der Waals surface area contributed by atoms with Crippen LogP contribution in [0.2, 0.25) is 0 Å². The van der Waals surface area contributed by atoms with Crippen LogP contribution in [-0.2, 0) is 19.1 Å². The zero-order chi connectivity index (χ0) is 13.9. The highest BCUT2D eigenvalue weighted by atomic mass is 16.6. The Kier molecular flexibility index (Phi) is 4.51. The van der Waals surface area contributed by atoms with Gasteiger partial charge in [-0.1, -0.05) is 6.08 Å². The molecule has 0 bridgehead atoms. The highest BCUT2D eigenvalue weighted by Crippen LogP contribution is 2.26. The molecule has 1 atom stereocenters. The lowest BCUT2D eigenvalue weighted by Gasteiger charge is -2.36.